The van der Waals surface area contributed by atoms with Gasteiger partial charge < -0.3 is 0 Å². The summed E-state index contributed by atoms with van der Waals surface area (Å²) in [5.41, 5.74) is -0.402. The van der Waals surface area contributed by atoms with Gasteiger partial charge in [0.15, 0.2) is 17.1 Å². The second-order valence-electron chi connectivity index (χ2n) is 7.65. The van der Waals surface area contributed by atoms with Gasteiger partial charge >= 0.3 is 0 Å². The summed E-state index contributed by atoms with van der Waals surface area (Å²) >= 11 is 6.44. The van der Waals surface area contributed by atoms with Crippen molar-refractivity contribution >= 4 is 23.2 Å². The summed E-state index contributed by atoms with van der Waals surface area (Å²) in [6.45, 7) is 0.488. The van der Waals surface area contributed by atoms with E-state index < -0.39 is 23.5 Å². The van der Waals surface area contributed by atoms with Gasteiger partial charge in [0.1, 0.15) is 0 Å². The van der Waals surface area contributed by atoms with Crippen molar-refractivity contribution in [2.45, 2.75) is 36.4 Å². The standard InChI is InChI=1S/C21H17ClN2O4/c22-15-9-4-3-8-14(15)17-18(24(27)28)16-10-5-11-23(16)21(17)19(25)12-6-1-2-7-13(12)20(21)26/h1-4,6-9,16-18H,5,10-11H2/t16-,17-,18+/m1/s1. The predicted octanol–water partition coefficient (Wildman–Crippen LogP) is 3.36. The molecule has 0 bridgehead atoms. The molecule has 3 atom stereocenters. The van der Waals surface area contributed by atoms with E-state index in [2.05, 4.69) is 0 Å². The molecule has 0 N–H and O–H groups in total. The number of hydrogen-bond acceptors (Lipinski definition) is 5. The molecule has 7 heteroatoms. The minimum atomic E-state index is -1.59. The Morgan fingerprint density at radius 3 is 2.25 bits per heavy atom. The molecule has 3 aliphatic rings. The molecule has 0 aromatic heterocycles. The van der Waals surface area contributed by atoms with Crippen LogP contribution in [0.3, 0.4) is 0 Å². The van der Waals surface area contributed by atoms with E-state index in [1.54, 1.807) is 53.4 Å². The van der Waals surface area contributed by atoms with Crippen LogP contribution in [0.15, 0.2) is 48.5 Å². The van der Waals surface area contributed by atoms with E-state index in [9.17, 15) is 19.7 Å². The quantitative estimate of drug-likeness (QED) is 0.441. The van der Waals surface area contributed by atoms with Gasteiger partial charge in [-0.2, -0.15) is 0 Å². The molecule has 0 unspecified atom stereocenters. The normalized spacial score (nSPS) is 28.0. The van der Waals surface area contributed by atoms with Crippen LogP contribution in [0.25, 0.3) is 0 Å². The van der Waals surface area contributed by atoms with E-state index >= 15 is 0 Å². The number of hydrogen-bond donors (Lipinski definition) is 0. The Labute approximate surface area is 166 Å². The molecule has 28 heavy (non-hydrogen) atoms. The maximum absolute atomic E-state index is 13.7. The van der Waals surface area contributed by atoms with E-state index in [1.165, 1.54) is 0 Å². The first kappa shape index (κ1) is 17.5. The number of nitrogens with zero attached hydrogens (tertiary/aromatic N) is 2. The Morgan fingerprint density at radius 1 is 1.04 bits per heavy atom. The molecule has 2 aromatic rings. The van der Waals surface area contributed by atoms with Crippen LogP contribution in [0, 0.1) is 10.1 Å². The average Bonchev–Trinajstić information content (AvgIpc) is 3.32. The largest absolute Gasteiger partial charge is 0.291 e. The number of nitro groups is 1. The molecule has 2 heterocycles. The average molecular weight is 397 g/mol. The van der Waals surface area contributed by atoms with Crippen LogP contribution >= 0.6 is 11.6 Å². The smallest absolute Gasteiger partial charge is 0.237 e. The molecule has 6 nitrogen and oxygen atoms in total. The third-order valence-corrected chi connectivity index (χ3v) is 6.87. The van der Waals surface area contributed by atoms with Crippen molar-refractivity contribution in [2.24, 2.45) is 0 Å². The molecule has 1 spiro atoms. The van der Waals surface area contributed by atoms with E-state index in [4.69, 9.17) is 11.6 Å². The van der Waals surface area contributed by atoms with Gasteiger partial charge in [-0.3, -0.25) is 24.6 Å². The van der Waals surface area contributed by atoms with E-state index in [0.717, 1.165) is 6.42 Å². The minimum absolute atomic E-state index is 0.324. The Bertz CT molecular complexity index is 1000. The van der Waals surface area contributed by atoms with Crippen LogP contribution < -0.4 is 0 Å². The first-order valence-electron chi connectivity index (χ1n) is 9.33. The van der Waals surface area contributed by atoms with Gasteiger partial charge in [0.05, 0.1) is 12.0 Å². The van der Waals surface area contributed by atoms with Crippen molar-refractivity contribution in [1.29, 1.82) is 0 Å². The Morgan fingerprint density at radius 2 is 1.64 bits per heavy atom. The zero-order valence-electron chi connectivity index (χ0n) is 14.9. The fraction of sp³-hybridized carbons (Fsp3) is 0.333. The number of benzene rings is 2. The van der Waals surface area contributed by atoms with Gasteiger partial charge in [-0.25, -0.2) is 0 Å². The second-order valence-corrected chi connectivity index (χ2v) is 8.06. The van der Waals surface area contributed by atoms with E-state index in [0.29, 0.717) is 34.7 Å². The van der Waals surface area contributed by atoms with E-state index in [1.807, 2.05) is 0 Å². The lowest BCUT2D eigenvalue weighted by Gasteiger charge is -2.35. The number of carbonyl (C=O) groups is 2. The van der Waals surface area contributed by atoms with Crippen molar-refractivity contribution in [1.82, 2.24) is 4.90 Å². The fourth-order valence-electron chi connectivity index (χ4n) is 5.57. The van der Waals surface area contributed by atoms with Gasteiger partial charge in [0, 0.05) is 27.6 Å². The number of fused-ring (bicyclic) bond motifs is 3. The topological polar surface area (TPSA) is 80.5 Å². The molecule has 1 aliphatic carbocycles. The van der Waals surface area contributed by atoms with Crippen LogP contribution in [0.4, 0.5) is 0 Å². The zero-order valence-corrected chi connectivity index (χ0v) is 15.6. The zero-order chi connectivity index (χ0) is 19.6. The van der Waals surface area contributed by atoms with Crippen LogP contribution in [0.1, 0.15) is 45.0 Å². The lowest BCUT2D eigenvalue weighted by Crippen LogP contribution is -2.56. The van der Waals surface area contributed by atoms with E-state index in [-0.39, 0.29) is 16.5 Å². The lowest BCUT2D eigenvalue weighted by atomic mass is 9.73. The van der Waals surface area contributed by atoms with Gasteiger partial charge in [-0.15, -0.1) is 0 Å². The minimum Gasteiger partial charge on any atom is -0.291 e. The molecule has 2 fully saturated rings. The summed E-state index contributed by atoms with van der Waals surface area (Å²) in [5, 5.41) is 12.5. The highest BCUT2D eigenvalue weighted by atomic mass is 35.5. The summed E-state index contributed by atoms with van der Waals surface area (Å²) in [5.74, 6) is -1.60. The van der Waals surface area contributed by atoms with Crippen molar-refractivity contribution in [2.75, 3.05) is 6.54 Å². The van der Waals surface area contributed by atoms with Crippen LogP contribution in [0.5, 0.6) is 0 Å². The molecule has 5 rings (SSSR count). The fourth-order valence-corrected chi connectivity index (χ4v) is 5.82. The number of halogens is 1. The Balaban J connectivity index is 1.82. The van der Waals surface area contributed by atoms with Crippen molar-refractivity contribution in [3.05, 3.63) is 80.4 Å². The highest BCUT2D eigenvalue weighted by molar-refractivity contribution is 6.35. The highest BCUT2D eigenvalue weighted by Gasteiger charge is 2.74. The summed E-state index contributed by atoms with van der Waals surface area (Å²) in [6.07, 6.45) is 1.31. The molecule has 0 radical (unpaired) electrons. The summed E-state index contributed by atoms with van der Waals surface area (Å²) < 4.78 is 0. The maximum atomic E-state index is 13.7. The summed E-state index contributed by atoms with van der Waals surface area (Å²) in [4.78, 5) is 41.1. The molecule has 142 valence electrons. The molecule has 0 amide bonds. The molecule has 2 aromatic carbocycles. The third kappa shape index (κ3) is 1.97. The van der Waals surface area contributed by atoms with Gasteiger partial charge in [0.25, 0.3) is 0 Å². The number of ketones is 2. The lowest BCUT2D eigenvalue weighted by molar-refractivity contribution is -0.527. The van der Waals surface area contributed by atoms with Crippen molar-refractivity contribution in [3.8, 4) is 0 Å². The SMILES string of the molecule is O=C1c2ccccc2C(=O)C12[C@H](c1ccccc1Cl)[C@@H]([N+](=O)[O-])[C@H]1CCCN12. The van der Waals surface area contributed by atoms with Crippen molar-refractivity contribution < 1.29 is 14.5 Å². The van der Waals surface area contributed by atoms with Crippen LogP contribution in [0.2, 0.25) is 5.02 Å². The molecular formula is C21H17ClN2O4. The monoisotopic (exact) mass is 396 g/mol. The maximum Gasteiger partial charge on any atom is 0.237 e. The first-order valence-corrected chi connectivity index (χ1v) is 9.70. The predicted molar refractivity (Wildman–Crippen MR) is 103 cm³/mol. The summed E-state index contributed by atoms with van der Waals surface area (Å²) in [6, 6.07) is 12.0. The molecule has 0 saturated carbocycles. The van der Waals surface area contributed by atoms with Gasteiger partial charge in [-0.1, -0.05) is 54.1 Å². The Kier molecular flexibility index (Phi) is 3.73. The molecule has 2 aliphatic heterocycles. The number of carbonyl (C=O) groups excluding carboxylic acids is 2. The van der Waals surface area contributed by atoms with Crippen LogP contribution in [-0.4, -0.2) is 45.6 Å². The third-order valence-electron chi connectivity index (χ3n) is 6.53. The first-order chi connectivity index (χ1) is 13.5. The highest BCUT2D eigenvalue weighted by Crippen LogP contribution is 2.56. The number of Topliss-reactive ketones (excluding diaryl/α,β-unsaturated/α-hetero) is 2. The van der Waals surface area contributed by atoms with Gasteiger partial charge in [-0.05, 0) is 24.5 Å². The van der Waals surface area contributed by atoms with Gasteiger partial charge in [0.2, 0.25) is 6.04 Å². The number of rotatable bonds is 2. The molecular weight excluding hydrogens is 380 g/mol. The van der Waals surface area contributed by atoms with Crippen LogP contribution in [-0.2, 0) is 0 Å². The molecule has 2 saturated heterocycles. The summed E-state index contributed by atoms with van der Waals surface area (Å²) in [7, 11) is 0. The van der Waals surface area contributed by atoms with Crippen molar-refractivity contribution in [3.63, 3.8) is 0 Å². The second kappa shape index (κ2) is 5.96. The Hall–Kier alpha value is -2.57.